The number of aromatic nitrogens is 4. The summed E-state index contributed by atoms with van der Waals surface area (Å²) in [7, 11) is 0. The van der Waals surface area contributed by atoms with Crippen LogP contribution >= 0.6 is 0 Å². The summed E-state index contributed by atoms with van der Waals surface area (Å²) in [6.45, 7) is 0.573. The molecule has 0 unspecified atom stereocenters. The van der Waals surface area contributed by atoms with Gasteiger partial charge < -0.3 is 9.30 Å². The van der Waals surface area contributed by atoms with Crippen LogP contribution in [0.4, 0.5) is 5.69 Å². The van der Waals surface area contributed by atoms with Crippen molar-refractivity contribution < 1.29 is 4.79 Å². The maximum Gasteiger partial charge on any atom is 0.247 e. The van der Waals surface area contributed by atoms with E-state index in [0.29, 0.717) is 13.0 Å². The molecule has 6 rings (SSSR count). The minimum atomic E-state index is -0.845. The second kappa shape index (κ2) is 5.67. The highest BCUT2D eigenvalue weighted by molar-refractivity contribution is 6.05. The summed E-state index contributed by atoms with van der Waals surface area (Å²) in [5, 5.41) is 14.2. The Labute approximate surface area is 166 Å². The Morgan fingerprint density at radius 1 is 1.17 bits per heavy atom. The van der Waals surface area contributed by atoms with Gasteiger partial charge in [-0.2, -0.15) is 10.4 Å². The van der Waals surface area contributed by atoms with Gasteiger partial charge in [0.15, 0.2) is 0 Å². The number of hydrogen-bond acceptors (Lipinski definition) is 4. The minimum absolute atomic E-state index is 0.0572. The van der Waals surface area contributed by atoms with Crippen LogP contribution in [0.3, 0.4) is 0 Å². The molecule has 1 aliphatic heterocycles. The molecule has 2 aliphatic rings. The molecule has 142 valence electrons. The van der Waals surface area contributed by atoms with E-state index >= 15 is 0 Å². The number of amides is 1. The number of hydrogen-bond donors (Lipinski definition) is 0. The molecule has 7 nitrogen and oxygen atoms in total. The average Bonchev–Trinajstić information content (AvgIpc) is 3.20. The first-order chi connectivity index (χ1) is 14.2. The van der Waals surface area contributed by atoms with Crippen molar-refractivity contribution in [3.05, 3.63) is 55.4 Å². The molecule has 1 saturated carbocycles. The van der Waals surface area contributed by atoms with Crippen LogP contribution in [0, 0.1) is 22.7 Å². The van der Waals surface area contributed by atoms with Crippen molar-refractivity contribution in [3.8, 4) is 17.2 Å². The van der Waals surface area contributed by atoms with Crippen molar-refractivity contribution in [3.63, 3.8) is 0 Å². The lowest BCUT2D eigenvalue weighted by Gasteiger charge is -2.21. The van der Waals surface area contributed by atoms with Crippen molar-refractivity contribution in [1.29, 1.82) is 5.26 Å². The normalized spacial score (nSPS) is 21.9. The predicted octanol–water partition coefficient (Wildman–Crippen LogP) is 3.31. The molecule has 5 heterocycles. The molecule has 2 fully saturated rings. The fourth-order valence-electron chi connectivity index (χ4n) is 4.59. The third kappa shape index (κ3) is 2.26. The summed E-state index contributed by atoms with van der Waals surface area (Å²) in [6.07, 6.45) is 11.9. The molecule has 0 spiro atoms. The van der Waals surface area contributed by atoms with E-state index in [4.69, 9.17) is 0 Å². The second-order valence-electron chi connectivity index (χ2n) is 7.98. The third-order valence-electron chi connectivity index (χ3n) is 6.35. The van der Waals surface area contributed by atoms with E-state index in [1.807, 2.05) is 35.1 Å². The van der Waals surface area contributed by atoms with Gasteiger partial charge in [-0.25, -0.2) is 9.50 Å². The molecule has 29 heavy (non-hydrogen) atoms. The van der Waals surface area contributed by atoms with E-state index in [1.165, 1.54) is 0 Å². The van der Waals surface area contributed by atoms with Crippen molar-refractivity contribution in [2.75, 3.05) is 11.4 Å². The number of nitrogens with zero attached hydrogens (tertiary/aromatic N) is 6. The second-order valence-corrected chi connectivity index (χ2v) is 7.98. The standard InChI is InChI=1S/C22H18N6O/c23-13-22(17-2-3-17)6-8-27(21(22)29)19-5-7-25-28-12-16(9-20(19)28)15-1-4-18-10-24-14-26(18)11-15/h1,4-5,7,9-12,14,17H,2-3,6,8H2/t22-/m1/s1. The highest BCUT2D eigenvalue weighted by Gasteiger charge is 2.56. The van der Waals surface area contributed by atoms with E-state index in [2.05, 4.69) is 28.3 Å². The fourth-order valence-corrected chi connectivity index (χ4v) is 4.59. The van der Waals surface area contributed by atoms with Gasteiger partial charge in [0.25, 0.3) is 0 Å². The van der Waals surface area contributed by atoms with Gasteiger partial charge in [0, 0.05) is 36.3 Å². The molecule has 0 bridgehead atoms. The van der Waals surface area contributed by atoms with Crippen LogP contribution in [-0.2, 0) is 4.79 Å². The Hall–Kier alpha value is -3.66. The summed E-state index contributed by atoms with van der Waals surface area (Å²) < 4.78 is 3.78. The van der Waals surface area contributed by atoms with Gasteiger partial charge in [0.05, 0.1) is 35.3 Å². The van der Waals surface area contributed by atoms with E-state index in [-0.39, 0.29) is 11.8 Å². The lowest BCUT2D eigenvalue weighted by Crippen LogP contribution is -2.35. The number of carbonyl (C=O) groups excluding carboxylic acids is 1. The summed E-state index contributed by atoms with van der Waals surface area (Å²) in [6, 6.07) is 10.4. The van der Waals surface area contributed by atoms with Crippen LogP contribution < -0.4 is 4.90 Å². The van der Waals surface area contributed by atoms with Gasteiger partial charge in [0.2, 0.25) is 5.91 Å². The van der Waals surface area contributed by atoms with Crippen molar-refractivity contribution >= 4 is 22.6 Å². The van der Waals surface area contributed by atoms with Gasteiger partial charge in [0.1, 0.15) is 5.41 Å². The summed E-state index contributed by atoms with van der Waals surface area (Å²) in [4.78, 5) is 19.2. The third-order valence-corrected chi connectivity index (χ3v) is 6.35. The zero-order valence-electron chi connectivity index (χ0n) is 15.7. The van der Waals surface area contributed by atoms with E-state index in [1.54, 1.807) is 21.9 Å². The highest BCUT2D eigenvalue weighted by atomic mass is 16.2. The molecule has 1 saturated heterocycles. The SMILES string of the molecule is N#C[C@@]1(C2CC2)CCN(c2ccnn3cc(-c4ccc5cncn5c4)cc23)C1=O. The number of carbonyl (C=O) groups is 1. The van der Waals surface area contributed by atoms with Gasteiger partial charge in [-0.3, -0.25) is 4.79 Å². The van der Waals surface area contributed by atoms with E-state index in [9.17, 15) is 10.1 Å². The number of imidazole rings is 1. The van der Waals surface area contributed by atoms with Crippen LogP contribution in [0.5, 0.6) is 0 Å². The summed E-state index contributed by atoms with van der Waals surface area (Å²) in [5.41, 5.74) is 3.93. The van der Waals surface area contributed by atoms with Crippen molar-refractivity contribution in [2.24, 2.45) is 11.3 Å². The van der Waals surface area contributed by atoms with Crippen LogP contribution in [0.2, 0.25) is 0 Å². The molecule has 4 aromatic rings. The maximum atomic E-state index is 13.2. The topological polar surface area (TPSA) is 78.7 Å². The number of fused-ring (bicyclic) bond motifs is 2. The quantitative estimate of drug-likeness (QED) is 0.545. The number of anilines is 1. The lowest BCUT2D eigenvalue weighted by molar-refractivity contribution is -0.123. The van der Waals surface area contributed by atoms with Crippen LogP contribution in [-0.4, -0.2) is 31.5 Å². The van der Waals surface area contributed by atoms with Gasteiger partial charge in [-0.1, -0.05) is 6.07 Å². The summed E-state index contributed by atoms with van der Waals surface area (Å²) >= 11 is 0. The monoisotopic (exact) mass is 382 g/mol. The number of rotatable bonds is 3. The maximum absolute atomic E-state index is 13.2. The van der Waals surface area contributed by atoms with Crippen molar-refractivity contribution in [2.45, 2.75) is 19.3 Å². The Kier molecular flexibility index (Phi) is 3.19. The summed E-state index contributed by atoms with van der Waals surface area (Å²) in [5.74, 6) is 0.158. The van der Waals surface area contributed by atoms with Crippen LogP contribution in [0.25, 0.3) is 22.2 Å². The predicted molar refractivity (Wildman–Crippen MR) is 107 cm³/mol. The Balaban J connectivity index is 1.44. The van der Waals surface area contributed by atoms with E-state index < -0.39 is 5.41 Å². The van der Waals surface area contributed by atoms with Gasteiger partial charge in [-0.05, 0) is 43.4 Å². The molecular formula is C22H18N6O. The first-order valence-corrected chi connectivity index (χ1v) is 9.82. The molecule has 4 aromatic heterocycles. The first kappa shape index (κ1) is 16.3. The molecule has 1 aliphatic carbocycles. The Morgan fingerprint density at radius 3 is 2.90 bits per heavy atom. The van der Waals surface area contributed by atoms with Gasteiger partial charge in [-0.15, -0.1) is 0 Å². The Morgan fingerprint density at radius 2 is 2.07 bits per heavy atom. The van der Waals surface area contributed by atoms with Crippen LogP contribution in [0.1, 0.15) is 19.3 Å². The molecule has 0 aromatic carbocycles. The van der Waals surface area contributed by atoms with Crippen LogP contribution in [0.15, 0.2) is 55.4 Å². The highest BCUT2D eigenvalue weighted by Crippen LogP contribution is 2.52. The van der Waals surface area contributed by atoms with E-state index in [0.717, 1.165) is 40.7 Å². The molecule has 0 radical (unpaired) electrons. The average molecular weight is 382 g/mol. The zero-order valence-corrected chi connectivity index (χ0v) is 15.7. The molecule has 7 heteroatoms. The minimum Gasteiger partial charge on any atom is -0.309 e. The molecule has 1 amide bonds. The number of pyridine rings is 1. The smallest absolute Gasteiger partial charge is 0.247 e. The Bertz CT molecular complexity index is 1320. The zero-order chi connectivity index (χ0) is 19.6. The lowest BCUT2D eigenvalue weighted by atomic mass is 9.83. The molecule has 1 atom stereocenters. The fraction of sp³-hybridized carbons (Fsp3) is 0.273. The van der Waals surface area contributed by atoms with Gasteiger partial charge >= 0.3 is 0 Å². The molecular weight excluding hydrogens is 364 g/mol. The molecule has 0 N–H and O–H groups in total. The first-order valence-electron chi connectivity index (χ1n) is 9.82. The number of nitriles is 1. The van der Waals surface area contributed by atoms with Crippen molar-refractivity contribution in [1.82, 2.24) is 19.0 Å². The largest absolute Gasteiger partial charge is 0.309 e.